The van der Waals surface area contributed by atoms with E-state index in [2.05, 4.69) is 4.90 Å². The Hall–Kier alpha value is -0.980. The van der Waals surface area contributed by atoms with Gasteiger partial charge >= 0.3 is 0 Å². The second-order valence-corrected chi connectivity index (χ2v) is 7.57. The van der Waals surface area contributed by atoms with Crippen LogP contribution in [0.5, 0.6) is 0 Å². The van der Waals surface area contributed by atoms with Crippen molar-refractivity contribution in [1.82, 2.24) is 4.90 Å². The fourth-order valence-electron chi connectivity index (χ4n) is 3.57. The third kappa shape index (κ3) is 3.27. The lowest BCUT2D eigenvalue weighted by Gasteiger charge is -2.41. The van der Waals surface area contributed by atoms with E-state index in [1.54, 1.807) is 0 Å². The van der Waals surface area contributed by atoms with Gasteiger partial charge in [0, 0.05) is 18.6 Å². The number of hydrogen-bond acceptors (Lipinski definition) is 4. The standard InChI is InChI=1S/C15H20FNO3S/c1-21(18,19)20-15-13(16)9-12-7-8-14(15)17(12)10-11-5-3-2-4-6-11/h2-6,12-15H,7-10H2,1H3/t12-,13-,14+,15?/m0/s1. The second-order valence-electron chi connectivity index (χ2n) is 5.97. The summed E-state index contributed by atoms with van der Waals surface area (Å²) in [7, 11) is -3.64. The summed E-state index contributed by atoms with van der Waals surface area (Å²) in [6.07, 6.45) is 0.956. The number of alkyl halides is 1. The quantitative estimate of drug-likeness (QED) is 0.799. The summed E-state index contributed by atoms with van der Waals surface area (Å²) in [5.74, 6) is 0. The molecule has 1 unspecified atom stereocenters. The number of fused-ring (bicyclic) bond motifs is 2. The van der Waals surface area contributed by atoms with E-state index in [9.17, 15) is 12.8 Å². The van der Waals surface area contributed by atoms with Crippen molar-refractivity contribution in [2.24, 2.45) is 0 Å². The highest BCUT2D eigenvalue weighted by Gasteiger charge is 2.49. The van der Waals surface area contributed by atoms with Crippen molar-refractivity contribution in [2.75, 3.05) is 6.26 Å². The topological polar surface area (TPSA) is 46.6 Å². The van der Waals surface area contributed by atoms with Crippen LogP contribution >= 0.6 is 0 Å². The van der Waals surface area contributed by atoms with Gasteiger partial charge in [0.05, 0.1) is 6.26 Å². The number of piperidine rings is 1. The van der Waals surface area contributed by atoms with E-state index in [0.29, 0.717) is 13.0 Å². The van der Waals surface area contributed by atoms with Gasteiger partial charge in [-0.3, -0.25) is 9.08 Å². The molecule has 0 amide bonds. The zero-order valence-electron chi connectivity index (χ0n) is 12.0. The third-order valence-corrected chi connectivity index (χ3v) is 4.99. The van der Waals surface area contributed by atoms with E-state index >= 15 is 0 Å². The first-order valence-corrected chi connectivity index (χ1v) is 9.08. The lowest BCUT2D eigenvalue weighted by Crippen LogP contribution is -2.53. The van der Waals surface area contributed by atoms with Crippen LogP contribution in [0.15, 0.2) is 30.3 Å². The van der Waals surface area contributed by atoms with Crippen LogP contribution in [-0.2, 0) is 20.8 Å². The number of halogens is 1. The molecule has 2 aliphatic heterocycles. The van der Waals surface area contributed by atoms with Crippen molar-refractivity contribution in [3.05, 3.63) is 35.9 Å². The maximum Gasteiger partial charge on any atom is 0.264 e. The fourth-order valence-corrected chi connectivity index (χ4v) is 4.23. The third-order valence-electron chi connectivity index (χ3n) is 4.42. The molecule has 2 saturated heterocycles. The molecule has 6 heteroatoms. The Balaban J connectivity index is 1.79. The molecule has 1 aromatic rings. The zero-order valence-corrected chi connectivity index (χ0v) is 12.8. The minimum atomic E-state index is -3.64. The summed E-state index contributed by atoms with van der Waals surface area (Å²) >= 11 is 0. The minimum absolute atomic E-state index is 0.159. The highest BCUT2D eigenvalue weighted by Crippen LogP contribution is 2.40. The summed E-state index contributed by atoms with van der Waals surface area (Å²) in [5.41, 5.74) is 1.16. The van der Waals surface area contributed by atoms with Crippen LogP contribution in [0.25, 0.3) is 0 Å². The van der Waals surface area contributed by atoms with Gasteiger partial charge in [0.2, 0.25) is 0 Å². The highest BCUT2D eigenvalue weighted by atomic mass is 32.2. The van der Waals surface area contributed by atoms with Crippen molar-refractivity contribution in [2.45, 2.75) is 50.2 Å². The summed E-state index contributed by atoms with van der Waals surface area (Å²) in [6.45, 7) is 0.715. The first-order valence-electron chi connectivity index (χ1n) is 7.26. The van der Waals surface area contributed by atoms with E-state index in [4.69, 9.17) is 4.18 Å². The molecule has 0 aliphatic carbocycles. The molecule has 0 radical (unpaired) electrons. The van der Waals surface area contributed by atoms with Gasteiger partial charge in [0.1, 0.15) is 12.3 Å². The lowest BCUT2D eigenvalue weighted by atomic mass is 9.97. The van der Waals surface area contributed by atoms with Gasteiger partial charge in [-0.2, -0.15) is 8.42 Å². The van der Waals surface area contributed by atoms with Gasteiger partial charge < -0.3 is 0 Å². The van der Waals surface area contributed by atoms with Crippen LogP contribution in [0.3, 0.4) is 0 Å². The fraction of sp³-hybridized carbons (Fsp3) is 0.600. The normalized spacial score (nSPS) is 33.2. The molecular weight excluding hydrogens is 293 g/mol. The van der Waals surface area contributed by atoms with Crippen LogP contribution in [0.2, 0.25) is 0 Å². The maximum absolute atomic E-state index is 14.2. The molecule has 21 heavy (non-hydrogen) atoms. The Kier molecular flexibility index (Phi) is 4.03. The molecule has 0 spiro atoms. The van der Waals surface area contributed by atoms with Crippen molar-refractivity contribution < 1.29 is 17.0 Å². The van der Waals surface area contributed by atoms with Gasteiger partial charge in [-0.1, -0.05) is 30.3 Å². The largest absolute Gasteiger partial charge is 0.290 e. The number of nitrogens with zero attached hydrogens (tertiary/aromatic N) is 1. The molecule has 0 N–H and O–H groups in total. The van der Waals surface area contributed by atoms with Crippen molar-refractivity contribution in [3.8, 4) is 0 Å². The van der Waals surface area contributed by atoms with Gasteiger partial charge in [0.25, 0.3) is 10.1 Å². The summed E-state index contributed by atoms with van der Waals surface area (Å²) in [5, 5.41) is 0. The average molecular weight is 313 g/mol. The summed E-state index contributed by atoms with van der Waals surface area (Å²) in [6, 6.07) is 10.0. The average Bonchev–Trinajstić information content (AvgIpc) is 2.71. The molecule has 4 atom stereocenters. The SMILES string of the molecule is CS(=O)(=O)OC1[C@H]2CC[C@@H](C[C@@H]1F)N2Cc1ccccc1. The lowest BCUT2D eigenvalue weighted by molar-refractivity contribution is -0.0273. The Labute approximate surface area is 125 Å². The van der Waals surface area contributed by atoms with E-state index < -0.39 is 22.4 Å². The van der Waals surface area contributed by atoms with E-state index in [1.807, 2.05) is 30.3 Å². The molecule has 116 valence electrons. The molecule has 2 fully saturated rings. The first kappa shape index (κ1) is 14.9. The number of benzene rings is 1. The van der Waals surface area contributed by atoms with Gasteiger partial charge in [-0.05, 0) is 24.8 Å². The molecule has 2 bridgehead atoms. The molecule has 2 heterocycles. The van der Waals surface area contributed by atoms with E-state index in [0.717, 1.165) is 24.7 Å². The molecular formula is C15H20FNO3S. The van der Waals surface area contributed by atoms with Crippen molar-refractivity contribution in [1.29, 1.82) is 0 Å². The number of rotatable bonds is 4. The van der Waals surface area contributed by atoms with Gasteiger partial charge in [0.15, 0.2) is 0 Å². The predicted octanol–water partition coefficient (Wildman–Crippen LogP) is 2.11. The molecule has 0 saturated carbocycles. The van der Waals surface area contributed by atoms with Crippen molar-refractivity contribution in [3.63, 3.8) is 0 Å². The Morgan fingerprint density at radius 3 is 2.67 bits per heavy atom. The Morgan fingerprint density at radius 2 is 2.00 bits per heavy atom. The molecule has 3 rings (SSSR count). The summed E-state index contributed by atoms with van der Waals surface area (Å²) < 4.78 is 42.0. The van der Waals surface area contributed by atoms with Crippen LogP contribution in [-0.4, -0.2) is 43.9 Å². The van der Waals surface area contributed by atoms with E-state index in [1.165, 1.54) is 0 Å². The van der Waals surface area contributed by atoms with Gasteiger partial charge in [-0.15, -0.1) is 0 Å². The molecule has 1 aromatic carbocycles. The minimum Gasteiger partial charge on any atom is -0.290 e. The molecule has 0 aromatic heterocycles. The Morgan fingerprint density at radius 1 is 1.29 bits per heavy atom. The Bertz CT molecular complexity index is 592. The molecule has 2 aliphatic rings. The monoisotopic (exact) mass is 313 g/mol. The smallest absolute Gasteiger partial charge is 0.264 e. The van der Waals surface area contributed by atoms with Crippen LogP contribution < -0.4 is 0 Å². The van der Waals surface area contributed by atoms with Gasteiger partial charge in [-0.25, -0.2) is 4.39 Å². The summed E-state index contributed by atoms with van der Waals surface area (Å²) in [4.78, 5) is 2.21. The number of hydrogen-bond donors (Lipinski definition) is 0. The second kappa shape index (κ2) is 5.66. The van der Waals surface area contributed by atoms with Crippen LogP contribution in [0.1, 0.15) is 24.8 Å². The predicted molar refractivity (Wildman–Crippen MR) is 78.0 cm³/mol. The highest BCUT2D eigenvalue weighted by molar-refractivity contribution is 7.86. The maximum atomic E-state index is 14.2. The zero-order chi connectivity index (χ0) is 15.0. The van der Waals surface area contributed by atoms with Crippen LogP contribution in [0, 0.1) is 0 Å². The van der Waals surface area contributed by atoms with E-state index in [-0.39, 0.29) is 12.1 Å². The molecule has 4 nitrogen and oxygen atoms in total. The first-order chi connectivity index (χ1) is 9.94. The van der Waals surface area contributed by atoms with Crippen LogP contribution in [0.4, 0.5) is 4.39 Å². The van der Waals surface area contributed by atoms with Crippen molar-refractivity contribution >= 4 is 10.1 Å².